The predicted molar refractivity (Wildman–Crippen MR) is 55.9 cm³/mol. The first kappa shape index (κ1) is 8.40. The normalized spacial score (nSPS) is 10.0. The van der Waals surface area contributed by atoms with Gasteiger partial charge in [0.1, 0.15) is 0 Å². The SMILES string of the molecule is Cc1c(S)ccc(I)c1C. The maximum Gasteiger partial charge on any atom is 0.0162 e. The molecule has 54 valence electrons. The summed E-state index contributed by atoms with van der Waals surface area (Å²) in [5.41, 5.74) is 2.63. The highest BCUT2D eigenvalue weighted by Crippen LogP contribution is 2.21. The van der Waals surface area contributed by atoms with Gasteiger partial charge in [-0.25, -0.2) is 0 Å². The molecule has 0 bridgehead atoms. The first-order chi connectivity index (χ1) is 4.63. The minimum atomic E-state index is 1.08. The summed E-state index contributed by atoms with van der Waals surface area (Å²) >= 11 is 6.64. The monoisotopic (exact) mass is 264 g/mol. The first-order valence-corrected chi connectivity index (χ1v) is 4.60. The number of hydrogen-bond acceptors (Lipinski definition) is 1. The summed E-state index contributed by atoms with van der Waals surface area (Å²) in [6, 6.07) is 4.12. The molecule has 0 aliphatic rings. The molecule has 0 amide bonds. The van der Waals surface area contributed by atoms with Gasteiger partial charge in [-0.3, -0.25) is 0 Å². The molecule has 0 aliphatic carbocycles. The number of rotatable bonds is 0. The molecular weight excluding hydrogens is 255 g/mol. The van der Waals surface area contributed by atoms with Crippen LogP contribution in [0.25, 0.3) is 0 Å². The molecule has 0 radical (unpaired) electrons. The quantitative estimate of drug-likeness (QED) is 0.540. The van der Waals surface area contributed by atoms with Crippen LogP contribution in [-0.2, 0) is 0 Å². The Labute approximate surface area is 80.6 Å². The van der Waals surface area contributed by atoms with Gasteiger partial charge in [0, 0.05) is 8.47 Å². The van der Waals surface area contributed by atoms with Crippen molar-refractivity contribution in [1.82, 2.24) is 0 Å². The zero-order valence-electron chi connectivity index (χ0n) is 5.98. The molecule has 1 aromatic carbocycles. The van der Waals surface area contributed by atoms with E-state index in [0.717, 1.165) is 4.90 Å². The number of thiol groups is 1. The van der Waals surface area contributed by atoms with Crippen molar-refractivity contribution in [1.29, 1.82) is 0 Å². The van der Waals surface area contributed by atoms with Gasteiger partial charge in [-0.1, -0.05) is 0 Å². The molecule has 1 aromatic rings. The fraction of sp³-hybridized carbons (Fsp3) is 0.250. The van der Waals surface area contributed by atoms with Crippen molar-refractivity contribution in [3.63, 3.8) is 0 Å². The number of halogens is 1. The smallest absolute Gasteiger partial charge is 0.0162 e. The molecule has 10 heavy (non-hydrogen) atoms. The molecule has 2 heteroatoms. The fourth-order valence-electron chi connectivity index (χ4n) is 0.773. The lowest BCUT2D eigenvalue weighted by Gasteiger charge is -2.04. The first-order valence-electron chi connectivity index (χ1n) is 3.07. The Morgan fingerprint density at radius 3 is 2.30 bits per heavy atom. The van der Waals surface area contributed by atoms with E-state index in [0.29, 0.717) is 0 Å². The number of hydrogen-bond donors (Lipinski definition) is 1. The fourth-order valence-corrected chi connectivity index (χ4v) is 1.60. The second-order valence-electron chi connectivity index (χ2n) is 2.32. The van der Waals surface area contributed by atoms with Crippen LogP contribution in [0.1, 0.15) is 11.1 Å². The summed E-state index contributed by atoms with van der Waals surface area (Å²) in [4.78, 5) is 1.08. The molecule has 0 aromatic heterocycles. The lowest BCUT2D eigenvalue weighted by Crippen LogP contribution is -1.86. The second-order valence-corrected chi connectivity index (χ2v) is 3.96. The van der Waals surface area contributed by atoms with Crippen LogP contribution in [0, 0.1) is 17.4 Å². The third-order valence-electron chi connectivity index (χ3n) is 1.69. The van der Waals surface area contributed by atoms with Crippen molar-refractivity contribution in [2.24, 2.45) is 0 Å². The predicted octanol–water partition coefficient (Wildman–Crippen LogP) is 3.20. The Bertz CT molecular complexity index is 229. The van der Waals surface area contributed by atoms with Crippen molar-refractivity contribution in [2.75, 3.05) is 0 Å². The van der Waals surface area contributed by atoms with Crippen molar-refractivity contribution in [2.45, 2.75) is 18.7 Å². The highest BCUT2D eigenvalue weighted by atomic mass is 127. The molecule has 0 N–H and O–H groups in total. The van der Waals surface area contributed by atoms with Gasteiger partial charge in [-0.15, -0.1) is 12.6 Å². The zero-order valence-corrected chi connectivity index (χ0v) is 9.03. The van der Waals surface area contributed by atoms with Crippen LogP contribution in [0.2, 0.25) is 0 Å². The van der Waals surface area contributed by atoms with Crippen LogP contribution < -0.4 is 0 Å². The van der Waals surface area contributed by atoms with Gasteiger partial charge < -0.3 is 0 Å². The molecule has 0 heterocycles. The van der Waals surface area contributed by atoms with Crippen LogP contribution in [0.3, 0.4) is 0 Å². The van der Waals surface area contributed by atoms with Crippen LogP contribution in [-0.4, -0.2) is 0 Å². The Balaban J connectivity index is 3.34. The summed E-state index contributed by atoms with van der Waals surface area (Å²) in [5, 5.41) is 0. The molecule has 0 fully saturated rings. The summed E-state index contributed by atoms with van der Waals surface area (Å²) < 4.78 is 1.31. The van der Waals surface area contributed by atoms with Gasteiger partial charge in [-0.05, 0) is 59.7 Å². The van der Waals surface area contributed by atoms with Gasteiger partial charge in [0.25, 0.3) is 0 Å². The van der Waals surface area contributed by atoms with Crippen LogP contribution in [0.5, 0.6) is 0 Å². The van der Waals surface area contributed by atoms with Crippen molar-refractivity contribution < 1.29 is 0 Å². The Morgan fingerprint density at radius 2 is 1.80 bits per heavy atom. The maximum atomic E-state index is 4.31. The van der Waals surface area contributed by atoms with E-state index in [1.807, 2.05) is 6.07 Å². The van der Waals surface area contributed by atoms with E-state index < -0.39 is 0 Å². The topological polar surface area (TPSA) is 0 Å². The van der Waals surface area contributed by atoms with E-state index in [1.54, 1.807) is 0 Å². The van der Waals surface area contributed by atoms with Crippen LogP contribution in [0.4, 0.5) is 0 Å². The van der Waals surface area contributed by atoms with Gasteiger partial charge in [0.05, 0.1) is 0 Å². The molecule has 0 nitrogen and oxygen atoms in total. The zero-order chi connectivity index (χ0) is 7.72. The van der Waals surface area contributed by atoms with Crippen LogP contribution >= 0.6 is 35.2 Å². The molecular formula is C8H9IS. The molecule has 0 saturated heterocycles. The molecule has 0 spiro atoms. The lowest BCUT2D eigenvalue weighted by atomic mass is 10.1. The van der Waals surface area contributed by atoms with E-state index in [4.69, 9.17) is 0 Å². The van der Waals surface area contributed by atoms with Crippen LogP contribution in [0.15, 0.2) is 17.0 Å². The van der Waals surface area contributed by atoms with E-state index in [-0.39, 0.29) is 0 Å². The van der Waals surface area contributed by atoms with E-state index in [1.165, 1.54) is 14.7 Å². The Morgan fingerprint density at radius 1 is 1.20 bits per heavy atom. The molecule has 0 aliphatic heterocycles. The highest BCUT2D eigenvalue weighted by molar-refractivity contribution is 14.1. The highest BCUT2D eigenvalue weighted by Gasteiger charge is 1.99. The maximum absolute atomic E-state index is 4.31. The minimum absolute atomic E-state index is 1.08. The summed E-state index contributed by atoms with van der Waals surface area (Å²) in [6.45, 7) is 4.22. The van der Waals surface area contributed by atoms with E-state index in [2.05, 4.69) is 55.1 Å². The average molecular weight is 264 g/mol. The van der Waals surface area contributed by atoms with Gasteiger partial charge >= 0.3 is 0 Å². The van der Waals surface area contributed by atoms with E-state index >= 15 is 0 Å². The van der Waals surface area contributed by atoms with Crippen molar-refractivity contribution in [3.8, 4) is 0 Å². The van der Waals surface area contributed by atoms with Gasteiger partial charge in [-0.2, -0.15) is 0 Å². The Hall–Kier alpha value is 0.300. The third-order valence-corrected chi connectivity index (χ3v) is 3.35. The van der Waals surface area contributed by atoms with Gasteiger partial charge in [0.2, 0.25) is 0 Å². The summed E-state index contributed by atoms with van der Waals surface area (Å²) in [7, 11) is 0. The standard InChI is InChI=1S/C8H9IS/c1-5-6(2)8(10)4-3-7(5)9/h3-4,10H,1-2H3. The lowest BCUT2D eigenvalue weighted by molar-refractivity contribution is 1.22. The molecule has 0 unspecified atom stereocenters. The van der Waals surface area contributed by atoms with E-state index in [9.17, 15) is 0 Å². The average Bonchev–Trinajstić information content (AvgIpc) is 1.93. The summed E-state index contributed by atoms with van der Waals surface area (Å²) in [6.07, 6.45) is 0. The molecule has 1 rings (SSSR count). The molecule has 0 saturated carbocycles. The second kappa shape index (κ2) is 3.13. The van der Waals surface area contributed by atoms with Crippen molar-refractivity contribution >= 4 is 35.2 Å². The number of benzene rings is 1. The summed E-state index contributed by atoms with van der Waals surface area (Å²) in [5.74, 6) is 0. The van der Waals surface area contributed by atoms with Gasteiger partial charge in [0.15, 0.2) is 0 Å². The largest absolute Gasteiger partial charge is 0.143 e. The van der Waals surface area contributed by atoms with Crippen molar-refractivity contribution in [3.05, 3.63) is 26.8 Å². The third kappa shape index (κ3) is 1.48. The Kier molecular flexibility index (Phi) is 2.63. The minimum Gasteiger partial charge on any atom is -0.143 e. The molecule has 0 atom stereocenters.